The van der Waals surface area contributed by atoms with Crippen molar-refractivity contribution in [3.63, 3.8) is 0 Å². The fraction of sp³-hybridized carbons (Fsp3) is 0.920. The third-order valence-electron chi connectivity index (χ3n) is 5.71. The molecule has 0 fully saturated rings. The molecule has 1 N–H and O–H groups in total. The Balaban J connectivity index is 3.31. The molecule has 1 amide bonds. The zero-order valence-electron chi connectivity index (χ0n) is 19.7. The molecule has 0 rings (SSSR count). The molecule has 0 bridgehead atoms. The van der Waals surface area contributed by atoms with Crippen LogP contribution in [-0.2, 0) is 14.3 Å². The number of nitrogens with one attached hydrogen (secondary N) is 1. The second kappa shape index (κ2) is 21.6. The number of ether oxygens (including phenoxy) is 1. The number of methoxy groups -OCH3 is 1. The van der Waals surface area contributed by atoms with Gasteiger partial charge in [-0.05, 0) is 6.42 Å². The highest BCUT2D eigenvalue weighted by molar-refractivity contribution is 5.83. The van der Waals surface area contributed by atoms with Crippen LogP contribution >= 0.6 is 0 Å². The van der Waals surface area contributed by atoms with Gasteiger partial charge in [-0.1, -0.05) is 122 Å². The summed E-state index contributed by atoms with van der Waals surface area (Å²) in [6.45, 7) is 3.71. The van der Waals surface area contributed by atoms with Crippen molar-refractivity contribution in [2.45, 2.75) is 142 Å². The normalized spacial score (nSPS) is 12.0. The van der Waals surface area contributed by atoms with Crippen LogP contribution in [0.15, 0.2) is 0 Å². The summed E-state index contributed by atoms with van der Waals surface area (Å²) in [5, 5.41) is 2.67. The highest BCUT2D eigenvalue weighted by Crippen LogP contribution is 2.15. The number of hydrogen-bond donors (Lipinski definition) is 1. The van der Waals surface area contributed by atoms with Crippen molar-refractivity contribution in [2.75, 3.05) is 7.11 Å². The van der Waals surface area contributed by atoms with Gasteiger partial charge >= 0.3 is 5.97 Å². The van der Waals surface area contributed by atoms with E-state index in [0.29, 0.717) is 6.42 Å². The molecule has 0 aromatic rings. The van der Waals surface area contributed by atoms with E-state index < -0.39 is 6.04 Å². The van der Waals surface area contributed by atoms with Crippen molar-refractivity contribution in [3.8, 4) is 0 Å². The first kappa shape index (κ1) is 27.9. The summed E-state index contributed by atoms with van der Waals surface area (Å²) in [5.74, 6) is -0.519. The molecule has 29 heavy (non-hydrogen) atoms. The largest absolute Gasteiger partial charge is 0.467 e. The topological polar surface area (TPSA) is 55.4 Å². The molecule has 0 radical (unpaired) electrons. The van der Waals surface area contributed by atoms with Gasteiger partial charge in [0.1, 0.15) is 6.04 Å². The first-order chi connectivity index (χ1) is 14.1. The molecule has 0 aromatic heterocycles. The number of carbonyl (C=O) groups excluding carboxylic acids is 2. The summed E-state index contributed by atoms with van der Waals surface area (Å²) in [6.07, 6.45) is 24.9. The van der Waals surface area contributed by atoms with E-state index in [1.54, 1.807) is 0 Å². The Morgan fingerprint density at radius 3 is 1.31 bits per heavy atom. The zero-order valence-corrected chi connectivity index (χ0v) is 19.7. The number of hydrogen-bond acceptors (Lipinski definition) is 3. The third-order valence-corrected chi connectivity index (χ3v) is 5.71. The van der Waals surface area contributed by atoms with E-state index in [1.807, 2.05) is 0 Å². The van der Waals surface area contributed by atoms with Crippen molar-refractivity contribution < 1.29 is 14.3 Å². The summed E-state index contributed by atoms with van der Waals surface area (Å²) in [6, 6.07) is -0.487. The third kappa shape index (κ3) is 20.0. The van der Waals surface area contributed by atoms with E-state index in [2.05, 4.69) is 12.2 Å². The molecule has 0 aliphatic carbocycles. The molecule has 0 aromatic carbocycles. The lowest BCUT2D eigenvalue weighted by molar-refractivity contribution is -0.145. The van der Waals surface area contributed by atoms with Crippen LogP contribution < -0.4 is 5.32 Å². The Kier molecular flexibility index (Phi) is 20.9. The summed E-state index contributed by atoms with van der Waals surface area (Å²) < 4.78 is 4.75. The van der Waals surface area contributed by atoms with Crippen LogP contribution in [0.1, 0.15) is 136 Å². The van der Waals surface area contributed by atoms with Gasteiger partial charge in [-0.2, -0.15) is 0 Å². The summed E-state index contributed by atoms with van der Waals surface area (Å²) in [4.78, 5) is 22.8. The van der Waals surface area contributed by atoms with E-state index >= 15 is 0 Å². The fourth-order valence-corrected chi connectivity index (χ4v) is 3.89. The highest BCUT2D eigenvalue weighted by atomic mass is 16.5. The molecule has 4 heteroatoms. The van der Waals surface area contributed by atoms with Gasteiger partial charge < -0.3 is 10.1 Å². The first-order valence-corrected chi connectivity index (χ1v) is 12.5. The van der Waals surface area contributed by atoms with Crippen LogP contribution in [-0.4, -0.2) is 25.0 Å². The highest BCUT2D eigenvalue weighted by Gasteiger charge is 2.19. The van der Waals surface area contributed by atoms with Crippen molar-refractivity contribution >= 4 is 11.9 Å². The summed E-state index contributed by atoms with van der Waals surface area (Å²) in [7, 11) is 1.37. The van der Waals surface area contributed by atoms with Crippen LogP contribution in [0, 0.1) is 0 Å². The molecule has 0 heterocycles. The SMILES string of the molecule is CCCCCCCCCCCCCCCCCCCCC(NC(C)=O)C(=O)OC. The standard InChI is InChI=1S/C25H49NO3/c1-4-5-6-7-8-9-10-11-12-13-14-15-16-17-18-19-20-21-22-24(25(28)29-3)26-23(2)27/h24H,4-22H2,1-3H3,(H,26,27). The molecule has 0 aliphatic heterocycles. The quantitative estimate of drug-likeness (QED) is 0.162. The van der Waals surface area contributed by atoms with E-state index in [9.17, 15) is 9.59 Å². The van der Waals surface area contributed by atoms with Crippen LogP contribution in [0.25, 0.3) is 0 Å². The maximum atomic E-state index is 11.6. The van der Waals surface area contributed by atoms with Gasteiger partial charge in [-0.3, -0.25) is 4.79 Å². The minimum absolute atomic E-state index is 0.178. The lowest BCUT2D eigenvalue weighted by Crippen LogP contribution is -2.40. The zero-order chi connectivity index (χ0) is 21.6. The second-order valence-corrected chi connectivity index (χ2v) is 8.58. The van der Waals surface area contributed by atoms with Gasteiger partial charge in [0, 0.05) is 6.92 Å². The van der Waals surface area contributed by atoms with Gasteiger partial charge in [0.2, 0.25) is 5.91 Å². The number of amides is 1. The predicted molar refractivity (Wildman–Crippen MR) is 123 cm³/mol. The van der Waals surface area contributed by atoms with Gasteiger partial charge in [0.15, 0.2) is 0 Å². The van der Waals surface area contributed by atoms with Crippen molar-refractivity contribution in [1.82, 2.24) is 5.32 Å². The van der Waals surface area contributed by atoms with Crippen molar-refractivity contribution in [1.29, 1.82) is 0 Å². The lowest BCUT2D eigenvalue weighted by Gasteiger charge is -2.15. The maximum absolute atomic E-state index is 11.6. The average molecular weight is 412 g/mol. The predicted octanol–water partition coefficient (Wildman–Crippen LogP) is 7.10. The van der Waals surface area contributed by atoms with Crippen molar-refractivity contribution in [3.05, 3.63) is 0 Å². The Bertz CT molecular complexity index is 384. The van der Waals surface area contributed by atoms with Gasteiger partial charge in [0.05, 0.1) is 7.11 Å². The minimum atomic E-state index is -0.487. The molecule has 1 unspecified atom stereocenters. The molecule has 0 saturated heterocycles. The van der Waals surface area contributed by atoms with Crippen LogP contribution in [0.4, 0.5) is 0 Å². The molecular formula is C25H49NO3. The van der Waals surface area contributed by atoms with Crippen LogP contribution in [0.2, 0.25) is 0 Å². The Hall–Kier alpha value is -1.06. The van der Waals surface area contributed by atoms with E-state index in [1.165, 1.54) is 117 Å². The number of carbonyl (C=O) groups is 2. The fourth-order valence-electron chi connectivity index (χ4n) is 3.89. The molecule has 0 aliphatic rings. The van der Waals surface area contributed by atoms with Gasteiger partial charge in [-0.25, -0.2) is 4.79 Å². The molecule has 1 atom stereocenters. The molecule has 0 spiro atoms. The average Bonchev–Trinajstić information content (AvgIpc) is 2.71. The summed E-state index contributed by atoms with van der Waals surface area (Å²) in [5.41, 5.74) is 0. The maximum Gasteiger partial charge on any atom is 0.328 e. The van der Waals surface area contributed by atoms with Crippen LogP contribution in [0.5, 0.6) is 0 Å². The Morgan fingerprint density at radius 1 is 0.655 bits per heavy atom. The van der Waals surface area contributed by atoms with E-state index in [4.69, 9.17) is 4.74 Å². The molecule has 172 valence electrons. The summed E-state index contributed by atoms with van der Waals surface area (Å²) >= 11 is 0. The van der Waals surface area contributed by atoms with E-state index in [0.717, 1.165) is 12.8 Å². The number of rotatable bonds is 21. The molecule has 0 saturated carbocycles. The van der Waals surface area contributed by atoms with E-state index in [-0.39, 0.29) is 11.9 Å². The smallest absolute Gasteiger partial charge is 0.328 e. The van der Waals surface area contributed by atoms with Gasteiger partial charge in [0.25, 0.3) is 0 Å². The van der Waals surface area contributed by atoms with Crippen LogP contribution in [0.3, 0.4) is 0 Å². The number of unbranched alkanes of at least 4 members (excludes halogenated alkanes) is 17. The molecule has 4 nitrogen and oxygen atoms in total. The van der Waals surface area contributed by atoms with Crippen molar-refractivity contribution in [2.24, 2.45) is 0 Å². The molecular weight excluding hydrogens is 362 g/mol. The minimum Gasteiger partial charge on any atom is -0.467 e. The second-order valence-electron chi connectivity index (χ2n) is 8.58. The monoisotopic (exact) mass is 411 g/mol. The Labute approximate surface area is 180 Å². The number of esters is 1. The Morgan fingerprint density at radius 2 is 1.00 bits per heavy atom. The first-order valence-electron chi connectivity index (χ1n) is 12.5. The van der Waals surface area contributed by atoms with Gasteiger partial charge in [-0.15, -0.1) is 0 Å². The lowest BCUT2D eigenvalue weighted by atomic mass is 10.0.